The molecule has 0 saturated carbocycles. The van der Waals surface area contributed by atoms with E-state index < -0.39 is 6.04 Å². The zero-order valence-electron chi connectivity index (χ0n) is 18.5. The normalized spacial score (nSPS) is 12.7. The Kier molecular flexibility index (Phi) is 10.6. The van der Waals surface area contributed by atoms with Gasteiger partial charge in [0.1, 0.15) is 11.8 Å². The van der Waals surface area contributed by atoms with Gasteiger partial charge < -0.3 is 15.0 Å². The predicted octanol–water partition coefficient (Wildman–Crippen LogP) is 6.14. The van der Waals surface area contributed by atoms with Crippen molar-refractivity contribution in [1.82, 2.24) is 10.2 Å². The van der Waals surface area contributed by atoms with Crippen LogP contribution in [-0.2, 0) is 16.1 Å². The number of nitrogens with one attached hydrogen (secondary N) is 1. The van der Waals surface area contributed by atoms with Crippen molar-refractivity contribution in [2.45, 2.75) is 58.7 Å². The van der Waals surface area contributed by atoms with Gasteiger partial charge in [0, 0.05) is 24.0 Å². The average molecular weight is 500 g/mol. The lowest BCUT2D eigenvalue weighted by Crippen LogP contribution is -2.49. The number of nitrogens with zero attached hydrogens (tertiary/aromatic N) is 1. The Bertz CT molecular complexity index is 906. The molecule has 0 heterocycles. The zero-order valence-corrected chi connectivity index (χ0v) is 20.8. The number of carbonyl (C=O) groups is 2. The minimum absolute atomic E-state index is 0.0275. The summed E-state index contributed by atoms with van der Waals surface area (Å²) in [6.07, 6.45) is 1.57. The van der Waals surface area contributed by atoms with Gasteiger partial charge in [-0.3, -0.25) is 9.59 Å². The van der Waals surface area contributed by atoms with Crippen LogP contribution in [0.1, 0.15) is 45.6 Å². The van der Waals surface area contributed by atoms with E-state index in [2.05, 4.69) is 5.32 Å². The van der Waals surface area contributed by atoms with Gasteiger partial charge in [-0.25, -0.2) is 0 Å². The standard InChI is InChI=1S/C24H29Cl3N2O3/c1-4-16(2)28-24(31)17(3)29(15-18-7-12-21(26)22(27)14-18)23(30)6-5-13-32-20-10-8-19(25)9-11-20/h7-12,14,16-17H,4-6,13,15H2,1-3H3,(H,28,31)/t16-,17-/m1/s1. The minimum atomic E-state index is -0.636. The molecule has 0 bridgehead atoms. The third-order valence-electron chi connectivity index (χ3n) is 5.12. The maximum Gasteiger partial charge on any atom is 0.242 e. The number of ether oxygens (including phenoxy) is 1. The SMILES string of the molecule is CC[C@@H](C)NC(=O)[C@@H](C)N(Cc1ccc(Cl)c(Cl)c1)C(=O)CCCOc1ccc(Cl)cc1. The van der Waals surface area contributed by atoms with E-state index in [1.54, 1.807) is 54.3 Å². The van der Waals surface area contributed by atoms with Gasteiger partial charge in [0.15, 0.2) is 0 Å². The molecule has 0 fully saturated rings. The summed E-state index contributed by atoms with van der Waals surface area (Å²) in [5.41, 5.74) is 0.799. The van der Waals surface area contributed by atoms with Gasteiger partial charge in [-0.1, -0.05) is 47.8 Å². The summed E-state index contributed by atoms with van der Waals surface area (Å²) in [5.74, 6) is 0.364. The van der Waals surface area contributed by atoms with Crippen LogP contribution < -0.4 is 10.1 Å². The van der Waals surface area contributed by atoms with E-state index in [0.717, 1.165) is 12.0 Å². The van der Waals surface area contributed by atoms with Gasteiger partial charge in [0.25, 0.3) is 0 Å². The van der Waals surface area contributed by atoms with E-state index in [0.29, 0.717) is 33.8 Å². The molecule has 0 spiro atoms. The van der Waals surface area contributed by atoms with E-state index >= 15 is 0 Å². The van der Waals surface area contributed by atoms with E-state index in [1.807, 2.05) is 13.8 Å². The molecule has 0 saturated heterocycles. The monoisotopic (exact) mass is 498 g/mol. The van der Waals surface area contributed by atoms with E-state index in [4.69, 9.17) is 39.5 Å². The Labute approximate surface area is 205 Å². The summed E-state index contributed by atoms with van der Waals surface area (Å²) >= 11 is 18.0. The Hall–Kier alpha value is -1.95. The first-order valence-electron chi connectivity index (χ1n) is 10.6. The molecule has 5 nitrogen and oxygen atoms in total. The molecule has 32 heavy (non-hydrogen) atoms. The largest absolute Gasteiger partial charge is 0.494 e. The van der Waals surface area contributed by atoms with E-state index in [9.17, 15) is 9.59 Å². The number of halogens is 3. The molecule has 174 valence electrons. The van der Waals surface area contributed by atoms with Crippen molar-refractivity contribution >= 4 is 46.6 Å². The lowest BCUT2D eigenvalue weighted by atomic mass is 10.1. The second-order valence-corrected chi connectivity index (χ2v) is 8.92. The van der Waals surface area contributed by atoms with Crippen molar-refractivity contribution < 1.29 is 14.3 Å². The second-order valence-electron chi connectivity index (χ2n) is 7.67. The quantitative estimate of drug-likeness (QED) is 0.378. The van der Waals surface area contributed by atoms with Crippen LogP contribution in [0.25, 0.3) is 0 Å². The number of benzene rings is 2. The summed E-state index contributed by atoms with van der Waals surface area (Å²) in [6, 6.07) is 11.7. The van der Waals surface area contributed by atoms with Gasteiger partial charge in [-0.15, -0.1) is 0 Å². The highest BCUT2D eigenvalue weighted by Gasteiger charge is 2.26. The molecule has 2 aromatic carbocycles. The highest BCUT2D eigenvalue weighted by molar-refractivity contribution is 6.42. The van der Waals surface area contributed by atoms with Crippen molar-refractivity contribution in [1.29, 1.82) is 0 Å². The average Bonchev–Trinajstić information content (AvgIpc) is 2.77. The van der Waals surface area contributed by atoms with Crippen LogP contribution in [0.2, 0.25) is 15.1 Å². The van der Waals surface area contributed by atoms with Crippen LogP contribution in [0.3, 0.4) is 0 Å². The Balaban J connectivity index is 2.04. The molecule has 2 atom stereocenters. The molecule has 0 aliphatic rings. The van der Waals surface area contributed by atoms with Crippen molar-refractivity contribution in [3.63, 3.8) is 0 Å². The molecule has 1 N–H and O–H groups in total. The molecular formula is C24H29Cl3N2O3. The predicted molar refractivity (Wildman–Crippen MR) is 131 cm³/mol. The van der Waals surface area contributed by atoms with Crippen molar-refractivity contribution in [2.75, 3.05) is 6.61 Å². The Morgan fingerprint density at radius 3 is 2.34 bits per heavy atom. The molecule has 8 heteroatoms. The number of hydrogen-bond acceptors (Lipinski definition) is 3. The molecule has 0 aromatic heterocycles. The van der Waals surface area contributed by atoms with Crippen LogP contribution in [0, 0.1) is 0 Å². The van der Waals surface area contributed by atoms with Gasteiger partial charge in [-0.05, 0) is 68.7 Å². The highest BCUT2D eigenvalue weighted by atomic mass is 35.5. The van der Waals surface area contributed by atoms with Crippen LogP contribution in [0.4, 0.5) is 0 Å². The first kappa shape index (κ1) is 26.3. The first-order valence-corrected chi connectivity index (χ1v) is 11.8. The summed E-state index contributed by atoms with van der Waals surface area (Å²) < 4.78 is 5.67. The number of carbonyl (C=O) groups excluding carboxylic acids is 2. The fourth-order valence-electron chi connectivity index (χ4n) is 2.97. The Morgan fingerprint density at radius 2 is 1.72 bits per heavy atom. The zero-order chi connectivity index (χ0) is 23.7. The van der Waals surface area contributed by atoms with Crippen LogP contribution in [0.5, 0.6) is 5.75 Å². The van der Waals surface area contributed by atoms with Crippen LogP contribution >= 0.6 is 34.8 Å². The van der Waals surface area contributed by atoms with Crippen molar-refractivity contribution in [3.8, 4) is 5.75 Å². The minimum Gasteiger partial charge on any atom is -0.494 e. The molecule has 0 aliphatic carbocycles. The molecular weight excluding hydrogens is 471 g/mol. The smallest absolute Gasteiger partial charge is 0.242 e. The summed E-state index contributed by atoms with van der Waals surface area (Å²) in [7, 11) is 0. The van der Waals surface area contributed by atoms with Gasteiger partial charge >= 0.3 is 0 Å². The van der Waals surface area contributed by atoms with Crippen LogP contribution in [0.15, 0.2) is 42.5 Å². The molecule has 2 rings (SSSR count). The van der Waals surface area contributed by atoms with E-state index in [-0.39, 0.29) is 30.8 Å². The lowest BCUT2D eigenvalue weighted by molar-refractivity contribution is -0.141. The maximum atomic E-state index is 13.1. The van der Waals surface area contributed by atoms with Crippen molar-refractivity contribution in [3.05, 3.63) is 63.1 Å². The summed E-state index contributed by atoms with van der Waals surface area (Å²) in [4.78, 5) is 27.4. The van der Waals surface area contributed by atoms with E-state index in [1.165, 1.54) is 0 Å². The number of rotatable bonds is 11. The topological polar surface area (TPSA) is 58.6 Å². The first-order chi connectivity index (χ1) is 15.2. The van der Waals surface area contributed by atoms with Crippen LogP contribution in [-0.4, -0.2) is 35.4 Å². The lowest BCUT2D eigenvalue weighted by Gasteiger charge is -2.30. The van der Waals surface area contributed by atoms with Crippen molar-refractivity contribution in [2.24, 2.45) is 0 Å². The third-order valence-corrected chi connectivity index (χ3v) is 6.11. The summed E-state index contributed by atoms with van der Waals surface area (Å²) in [6.45, 7) is 6.29. The molecule has 2 aromatic rings. The van der Waals surface area contributed by atoms with Gasteiger partial charge in [0.05, 0.1) is 16.7 Å². The fraction of sp³-hybridized carbons (Fsp3) is 0.417. The van der Waals surface area contributed by atoms with Gasteiger partial charge in [0.2, 0.25) is 11.8 Å². The maximum absolute atomic E-state index is 13.1. The molecule has 2 amide bonds. The third kappa shape index (κ3) is 8.19. The molecule has 0 aliphatic heterocycles. The van der Waals surface area contributed by atoms with Gasteiger partial charge in [-0.2, -0.15) is 0 Å². The second kappa shape index (κ2) is 12.9. The number of amides is 2. The molecule has 0 unspecified atom stereocenters. The fourth-order valence-corrected chi connectivity index (χ4v) is 3.42. The number of hydrogen-bond donors (Lipinski definition) is 1. The Morgan fingerprint density at radius 1 is 1.03 bits per heavy atom. The molecule has 0 radical (unpaired) electrons. The highest BCUT2D eigenvalue weighted by Crippen LogP contribution is 2.24. The summed E-state index contributed by atoms with van der Waals surface area (Å²) in [5, 5.41) is 4.43.